The van der Waals surface area contributed by atoms with Crippen molar-refractivity contribution in [2.75, 3.05) is 12.9 Å². The van der Waals surface area contributed by atoms with Crippen LogP contribution in [0.5, 0.6) is 5.75 Å². The van der Waals surface area contributed by atoms with E-state index in [0.29, 0.717) is 5.75 Å². The van der Waals surface area contributed by atoms with Crippen molar-refractivity contribution in [2.24, 2.45) is 0 Å². The first-order chi connectivity index (χ1) is 8.05. The highest BCUT2D eigenvalue weighted by Crippen LogP contribution is 2.39. The smallest absolute Gasteiger partial charge is 0.321 e. The van der Waals surface area contributed by atoms with Crippen LogP contribution in [0.15, 0.2) is 24.3 Å². The number of benzene rings is 1. The van der Waals surface area contributed by atoms with Crippen molar-refractivity contribution in [3.63, 3.8) is 0 Å². The molecule has 0 saturated carbocycles. The zero-order chi connectivity index (χ0) is 12.5. The van der Waals surface area contributed by atoms with Crippen LogP contribution in [-0.4, -0.2) is 30.0 Å². The van der Waals surface area contributed by atoms with Gasteiger partial charge in [0.15, 0.2) is 0 Å². The summed E-state index contributed by atoms with van der Waals surface area (Å²) in [5.74, 6) is 0.586. The molecule has 1 aromatic carbocycles. The minimum Gasteiger partial charge on any atom is -0.497 e. The number of carbonyl (C=O) groups is 1. The van der Waals surface area contributed by atoms with E-state index < -0.39 is 12.0 Å². The van der Waals surface area contributed by atoms with Crippen LogP contribution in [-0.2, 0) is 9.67 Å². The summed E-state index contributed by atoms with van der Waals surface area (Å²) in [6, 6.07) is 7.21. The molecule has 1 heterocycles. The molecule has 1 aliphatic heterocycles. The number of methoxy groups -OCH3 is 1. The molecule has 0 aromatic heterocycles. The van der Waals surface area contributed by atoms with Crippen molar-refractivity contribution in [1.29, 1.82) is 0 Å². The van der Waals surface area contributed by atoms with E-state index in [9.17, 15) is 4.79 Å². The van der Waals surface area contributed by atoms with Crippen LogP contribution in [0, 0.1) is 0 Å². The standard InChI is InChI=1S/C12H15NO3S/c1-12(13-10(7-17-12)11(14)15)8-3-5-9(16-2)6-4-8/h3-6,10,13H,7H2,1-2H3,(H,14,15). The van der Waals surface area contributed by atoms with E-state index in [4.69, 9.17) is 9.84 Å². The number of thioether (sulfide) groups is 1. The van der Waals surface area contributed by atoms with Crippen LogP contribution in [0.25, 0.3) is 0 Å². The first kappa shape index (κ1) is 12.3. The SMILES string of the molecule is COc1ccc(C2(C)NC(C(=O)O)CS2)cc1. The van der Waals surface area contributed by atoms with Crippen molar-refractivity contribution in [3.05, 3.63) is 29.8 Å². The monoisotopic (exact) mass is 253 g/mol. The molecule has 1 aromatic rings. The third-order valence-corrected chi connectivity index (χ3v) is 4.36. The topological polar surface area (TPSA) is 58.6 Å². The van der Waals surface area contributed by atoms with Crippen molar-refractivity contribution < 1.29 is 14.6 Å². The molecule has 2 unspecified atom stereocenters. The molecule has 0 amide bonds. The van der Waals surface area contributed by atoms with E-state index in [1.54, 1.807) is 18.9 Å². The maximum Gasteiger partial charge on any atom is 0.321 e. The Kier molecular flexibility index (Phi) is 3.31. The highest BCUT2D eigenvalue weighted by Gasteiger charge is 2.39. The molecule has 1 aliphatic rings. The van der Waals surface area contributed by atoms with Gasteiger partial charge in [-0.05, 0) is 24.6 Å². The van der Waals surface area contributed by atoms with Crippen LogP contribution in [0.3, 0.4) is 0 Å². The fourth-order valence-electron chi connectivity index (χ4n) is 1.87. The van der Waals surface area contributed by atoms with Crippen molar-refractivity contribution >= 4 is 17.7 Å². The Morgan fingerprint density at radius 1 is 1.53 bits per heavy atom. The Labute approximate surface area is 104 Å². The van der Waals surface area contributed by atoms with Crippen molar-refractivity contribution in [2.45, 2.75) is 17.8 Å². The first-order valence-corrected chi connectivity index (χ1v) is 6.33. The molecule has 2 atom stereocenters. The molecular formula is C12H15NO3S. The molecule has 0 aliphatic carbocycles. The number of ether oxygens (including phenoxy) is 1. The number of rotatable bonds is 3. The van der Waals surface area contributed by atoms with Gasteiger partial charge in [-0.2, -0.15) is 0 Å². The third-order valence-electron chi connectivity index (χ3n) is 2.93. The predicted molar refractivity (Wildman–Crippen MR) is 67.4 cm³/mol. The van der Waals surface area contributed by atoms with Crippen LogP contribution in [0.2, 0.25) is 0 Å². The second-order valence-corrected chi connectivity index (χ2v) is 5.55. The Hall–Kier alpha value is -1.20. The second kappa shape index (κ2) is 4.58. The summed E-state index contributed by atoms with van der Waals surface area (Å²) in [6.07, 6.45) is 0. The fraction of sp³-hybridized carbons (Fsp3) is 0.417. The van der Waals surface area contributed by atoms with Gasteiger partial charge < -0.3 is 9.84 Å². The molecule has 4 nitrogen and oxygen atoms in total. The summed E-state index contributed by atoms with van der Waals surface area (Å²) in [7, 11) is 1.62. The van der Waals surface area contributed by atoms with Gasteiger partial charge in [0.25, 0.3) is 0 Å². The van der Waals surface area contributed by atoms with Crippen LogP contribution in [0.1, 0.15) is 12.5 Å². The van der Waals surface area contributed by atoms with Crippen LogP contribution in [0.4, 0.5) is 0 Å². The van der Waals surface area contributed by atoms with Gasteiger partial charge in [-0.1, -0.05) is 12.1 Å². The van der Waals surface area contributed by atoms with E-state index in [1.165, 1.54) is 0 Å². The number of carboxylic acids is 1. The van der Waals surface area contributed by atoms with Gasteiger partial charge in [-0.3, -0.25) is 10.1 Å². The zero-order valence-electron chi connectivity index (χ0n) is 9.77. The zero-order valence-corrected chi connectivity index (χ0v) is 10.6. The number of aliphatic carboxylic acids is 1. The first-order valence-electron chi connectivity index (χ1n) is 5.34. The number of carboxylic acid groups (broad SMARTS) is 1. The molecule has 5 heteroatoms. The van der Waals surface area contributed by atoms with E-state index in [-0.39, 0.29) is 4.87 Å². The minimum absolute atomic E-state index is 0.338. The molecule has 0 bridgehead atoms. The lowest BCUT2D eigenvalue weighted by Crippen LogP contribution is -2.41. The molecular weight excluding hydrogens is 238 g/mol. The van der Waals surface area contributed by atoms with Gasteiger partial charge in [0, 0.05) is 5.75 Å². The predicted octanol–water partition coefficient (Wildman–Crippen LogP) is 1.66. The molecule has 17 heavy (non-hydrogen) atoms. The van der Waals surface area contributed by atoms with E-state index >= 15 is 0 Å². The Bertz CT molecular complexity index is 420. The maximum absolute atomic E-state index is 10.9. The normalized spacial score (nSPS) is 28.0. The lowest BCUT2D eigenvalue weighted by Gasteiger charge is -2.24. The largest absolute Gasteiger partial charge is 0.497 e. The molecule has 1 saturated heterocycles. The van der Waals surface area contributed by atoms with Gasteiger partial charge in [-0.15, -0.1) is 11.8 Å². The van der Waals surface area contributed by atoms with Crippen LogP contribution >= 0.6 is 11.8 Å². The van der Waals surface area contributed by atoms with Gasteiger partial charge in [-0.25, -0.2) is 0 Å². The van der Waals surface area contributed by atoms with E-state index in [2.05, 4.69) is 5.32 Å². The summed E-state index contributed by atoms with van der Waals surface area (Å²) in [5, 5.41) is 12.1. The second-order valence-electron chi connectivity index (χ2n) is 4.11. The summed E-state index contributed by atoms with van der Waals surface area (Å²) in [4.78, 5) is 10.6. The van der Waals surface area contributed by atoms with E-state index in [0.717, 1.165) is 11.3 Å². The number of hydrogen-bond donors (Lipinski definition) is 2. The maximum atomic E-state index is 10.9. The molecule has 2 N–H and O–H groups in total. The third kappa shape index (κ3) is 2.40. The fourth-order valence-corrected chi connectivity index (χ4v) is 3.13. The van der Waals surface area contributed by atoms with Gasteiger partial charge in [0.2, 0.25) is 0 Å². The Morgan fingerprint density at radius 3 is 2.65 bits per heavy atom. The summed E-state index contributed by atoms with van der Waals surface area (Å²) < 4.78 is 5.10. The lowest BCUT2D eigenvalue weighted by atomic mass is 10.1. The van der Waals surface area contributed by atoms with Crippen molar-refractivity contribution in [3.8, 4) is 5.75 Å². The van der Waals surface area contributed by atoms with Crippen LogP contribution < -0.4 is 10.1 Å². The molecule has 2 rings (SSSR count). The average molecular weight is 253 g/mol. The molecule has 0 radical (unpaired) electrons. The Balaban J connectivity index is 2.18. The summed E-state index contributed by atoms with van der Waals surface area (Å²) in [6.45, 7) is 2.00. The number of nitrogens with one attached hydrogen (secondary N) is 1. The van der Waals surface area contributed by atoms with Gasteiger partial charge in [0.1, 0.15) is 11.8 Å². The molecule has 0 spiro atoms. The highest BCUT2D eigenvalue weighted by molar-refractivity contribution is 8.00. The lowest BCUT2D eigenvalue weighted by molar-refractivity contribution is -0.138. The molecule has 1 fully saturated rings. The minimum atomic E-state index is -0.797. The quantitative estimate of drug-likeness (QED) is 0.858. The van der Waals surface area contributed by atoms with Gasteiger partial charge in [0.05, 0.1) is 12.0 Å². The van der Waals surface area contributed by atoms with E-state index in [1.807, 2.05) is 31.2 Å². The Morgan fingerprint density at radius 2 is 2.18 bits per heavy atom. The summed E-state index contributed by atoms with van der Waals surface area (Å²) >= 11 is 1.61. The highest BCUT2D eigenvalue weighted by atomic mass is 32.2. The summed E-state index contributed by atoms with van der Waals surface area (Å²) in [5.41, 5.74) is 1.06. The average Bonchev–Trinajstić information content (AvgIpc) is 2.74. The number of hydrogen-bond acceptors (Lipinski definition) is 4. The molecule has 92 valence electrons. The van der Waals surface area contributed by atoms with Gasteiger partial charge >= 0.3 is 5.97 Å². The van der Waals surface area contributed by atoms with Crippen molar-refractivity contribution in [1.82, 2.24) is 5.32 Å².